The third-order valence-electron chi connectivity index (χ3n) is 3.64. The topological polar surface area (TPSA) is 128 Å². The molecule has 0 bridgehead atoms. The lowest BCUT2D eigenvalue weighted by Gasteiger charge is -2.11. The second-order valence-corrected chi connectivity index (χ2v) is 6.29. The minimum atomic E-state index is -0.174. The normalized spacial score (nSPS) is 10.4. The highest BCUT2D eigenvalue weighted by Crippen LogP contribution is 2.21. The van der Waals surface area contributed by atoms with Gasteiger partial charge in [0.1, 0.15) is 0 Å². The Morgan fingerprint density at radius 1 is 1.23 bits per heavy atom. The Morgan fingerprint density at radius 2 is 2.00 bits per heavy atom. The molecule has 1 aromatic heterocycles. The molecular formula is C17H24N6O2S. The molecule has 0 saturated carbocycles. The third-order valence-corrected chi connectivity index (χ3v) is 4.19. The van der Waals surface area contributed by atoms with Gasteiger partial charge in [0, 0.05) is 23.5 Å². The smallest absolute Gasteiger partial charge is 0.305 e. The number of nitrogens with one attached hydrogen (secondary N) is 2. The van der Waals surface area contributed by atoms with Crippen molar-refractivity contribution < 1.29 is 9.53 Å². The van der Waals surface area contributed by atoms with E-state index in [4.69, 9.17) is 10.9 Å². The molecule has 2 aromatic rings. The van der Waals surface area contributed by atoms with Crippen LogP contribution >= 0.6 is 11.9 Å². The van der Waals surface area contributed by atoms with Gasteiger partial charge in [-0.25, -0.2) is 4.98 Å². The summed E-state index contributed by atoms with van der Waals surface area (Å²) in [6.45, 7) is 0.713. The Kier molecular flexibility index (Phi) is 7.97. The van der Waals surface area contributed by atoms with E-state index in [1.54, 1.807) is 6.20 Å². The Balaban J connectivity index is 1.83. The SMILES string of the molecule is COC(=O)CCCCCNc1nc(Nc2ccc(SN)cc2)ncc1N. The van der Waals surface area contributed by atoms with Crippen molar-refractivity contribution in [3.05, 3.63) is 30.5 Å². The van der Waals surface area contributed by atoms with E-state index < -0.39 is 0 Å². The quantitative estimate of drug-likeness (QED) is 0.281. The van der Waals surface area contributed by atoms with Crippen molar-refractivity contribution in [3.8, 4) is 0 Å². The van der Waals surface area contributed by atoms with E-state index in [9.17, 15) is 4.79 Å². The van der Waals surface area contributed by atoms with Crippen LogP contribution in [0.4, 0.5) is 23.1 Å². The summed E-state index contributed by atoms with van der Waals surface area (Å²) < 4.78 is 4.61. The molecule has 0 aliphatic rings. The number of hydrogen-bond donors (Lipinski definition) is 4. The molecule has 1 heterocycles. The number of aromatic nitrogens is 2. The number of rotatable bonds is 10. The van der Waals surface area contributed by atoms with Crippen LogP contribution in [0.2, 0.25) is 0 Å². The summed E-state index contributed by atoms with van der Waals surface area (Å²) in [5, 5.41) is 11.9. The molecule has 6 N–H and O–H groups in total. The molecule has 9 heteroatoms. The fraction of sp³-hybridized carbons (Fsp3) is 0.353. The number of unbranched alkanes of at least 4 members (excludes halogenated alkanes) is 2. The summed E-state index contributed by atoms with van der Waals surface area (Å²) in [6.07, 6.45) is 4.64. The van der Waals surface area contributed by atoms with E-state index in [0.717, 1.165) is 29.8 Å². The molecule has 0 fully saturated rings. The summed E-state index contributed by atoms with van der Waals surface area (Å²) in [6, 6.07) is 7.64. The van der Waals surface area contributed by atoms with Gasteiger partial charge in [-0.3, -0.25) is 9.93 Å². The maximum Gasteiger partial charge on any atom is 0.305 e. The average molecular weight is 376 g/mol. The first-order chi connectivity index (χ1) is 12.6. The fourth-order valence-electron chi connectivity index (χ4n) is 2.22. The van der Waals surface area contributed by atoms with Gasteiger partial charge in [-0.2, -0.15) is 4.98 Å². The molecule has 1 aromatic carbocycles. The molecule has 0 aliphatic carbocycles. The van der Waals surface area contributed by atoms with E-state index in [1.165, 1.54) is 19.1 Å². The number of carbonyl (C=O) groups excluding carboxylic acids is 1. The van der Waals surface area contributed by atoms with Gasteiger partial charge in [0.15, 0.2) is 5.82 Å². The standard InChI is InChI=1S/C17H24N6O2S/c1-25-15(24)5-3-2-4-10-20-16-14(18)11-21-17(23-16)22-12-6-8-13(26-19)9-7-12/h6-9,11H,2-5,10,18-19H2,1H3,(H2,20,21,22,23). The Labute approximate surface area is 157 Å². The van der Waals surface area contributed by atoms with E-state index in [1.807, 2.05) is 24.3 Å². The van der Waals surface area contributed by atoms with Crippen LogP contribution in [-0.2, 0) is 9.53 Å². The van der Waals surface area contributed by atoms with Crippen LogP contribution in [0.5, 0.6) is 0 Å². The molecule has 140 valence electrons. The molecule has 0 amide bonds. The summed E-state index contributed by atoms with van der Waals surface area (Å²) in [5.74, 6) is 0.872. The van der Waals surface area contributed by atoms with Crippen LogP contribution in [-0.4, -0.2) is 29.6 Å². The van der Waals surface area contributed by atoms with Crippen LogP contribution in [0, 0.1) is 0 Å². The third kappa shape index (κ3) is 6.41. The molecule has 0 aliphatic heterocycles. The Morgan fingerprint density at radius 3 is 2.69 bits per heavy atom. The number of ether oxygens (including phenoxy) is 1. The van der Waals surface area contributed by atoms with Crippen LogP contribution in [0.15, 0.2) is 35.4 Å². The first-order valence-electron chi connectivity index (χ1n) is 8.29. The monoisotopic (exact) mass is 376 g/mol. The maximum atomic E-state index is 11.0. The lowest BCUT2D eigenvalue weighted by atomic mass is 10.2. The number of esters is 1. The first-order valence-corrected chi connectivity index (χ1v) is 9.17. The minimum absolute atomic E-state index is 0.174. The number of anilines is 4. The van der Waals surface area contributed by atoms with Crippen molar-refractivity contribution in [1.29, 1.82) is 0 Å². The second kappa shape index (κ2) is 10.5. The zero-order valence-corrected chi connectivity index (χ0v) is 15.5. The molecule has 0 radical (unpaired) electrons. The summed E-state index contributed by atoms with van der Waals surface area (Å²) >= 11 is 1.19. The zero-order chi connectivity index (χ0) is 18.8. The summed E-state index contributed by atoms with van der Waals surface area (Å²) in [5.41, 5.74) is 7.27. The Hall–Kier alpha value is -2.52. The lowest BCUT2D eigenvalue weighted by molar-refractivity contribution is -0.140. The lowest BCUT2D eigenvalue weighted by Crippen LogP contribution is -2.09. The van der Waals surface area contributed by atoms with Crippen LogP contribution in [0.1, 0.15) is 25.7 Å². The van der Waals surface area contributed by atoms with Gasteiger partial charge in [0.05, 0.1) is 19.0 Å². The molecule has 0 atom stereocenters. The van der Waals surface area contributed by atoms with E-state index in [0.29, 0.717) is 30.4 Å². The molecule has 8 nitrogen and oxygen atoms in total. The van der Waals surface area contributed by atoms with Gasteiger partial charge >= 0.3 is 5.97 Å². The maximum absolute atomic E-state index is 11.0. The van der Waals surface area contributed by atoms with Gasteiger partial charge in [-0.15, -0.1) is 0 Å². The molecular weight excluding hydrogens is 352 g/mol. The molecule has 2 rings (SSSR count). The van der Waals surface area contributed by atoms with Gasteiger partial charge in [0.25, 0.3) is 0 Å². The highest BCUT2D eigenvalue weighted by atomic mass is 32.2. The number of nitrogens with zero attached hydrogens (tertiary/aromatic N) is 2. The number of benzene rings is 1. The number of nitrogen functional groups attached to an aromatic ring is 1. The first kappa shape index (κ1) is 19.8. The largest absolute Gasteiger partial charge is 0.469 e. The zero-order valence-electron chi connectivity index (χ0n) is 14.7. The van der Waals surface area contributed by atoms with E-state index >= 15 is 0 Å². The van der Waals surface area contributed by atoms with Gasteiger partial charge in [0.2, 0.25) is 5.95 Å². The molecule has 26 heavy (non-hydrogen) atoms. The minimum Gasteiger partial charge on any atom is -0.469 e. The van der Waals surface area contributed by atoms with Crippen molar-refractivity contribution in [1.82, 2.24) is 9.97 Å². The van der Waals surface area contributed by atoms with Crippen molar-refractivity contribution in [2.24, 2.45) is 5.14 Å². The molecule has 0 saturated heterocycles. The van der Waals surface area contributed by atoms with Gasteiger partial charge in [-0.05, 0) is 49.1 Å². The predicted octanol–water partition coefficient (Wildman–Crippen LogP) is 2.91. The number of carbonyl (C=O) groups is 1. The number of nitrogens with two attached hydrogens (primary N) is 2. The average Bonchev–Trinajstić information content (AvgIpc) is 2.67. The second-order valence-electron chi connectivity index (χ2n) is 5.58. The fourth-order valence-corrected chi connectivity index (χ4v) is 2.51. The van der Waals surface area contributed by atoms with Crippen molar-refractivity contribution in [2.75, 3.05) is 30.0 Å². The van der Waals surface area contributed by atoms with Crippen molar-refractivity contribution >= 4 is 41.1 Å². The van der Waals surface area contributed by atoms with Crippen molar-refractivity contribution in [3.63, 3.8) is 0 Å². The molecule has 0 spiro atoms. The summed E-state index contributed by atoms with van der Waals surface area (Å²) in [7, 11) is 1.40. The van der Waals surface area contributed by atoms with Crippen LogP contribution in [0.3, 0.4) is 0 Å². The number of methoxy groups -OCH3 is 1. The summed E-state index contributed by atoms with van der Waals surface area (Å²) in [4.78, 5) is 20.6. The number of hydrogen-bond acceptors (Lipinski definition) is 9. The van der Waals surface area contributed by atoms with Gasteiger partial charge in [-0.1, -0.05) is 6.42 Å². The van der Waals surface area contributed by atoms with E-state index in [-0.39, 0.29) is 5.97 Å². The van der Waals surface area contributed by atoms with Crippen LogP contribution in [0.25, 0.3) is 0 Å². The predicted molar refractivity (Wildman–Crippen MR) is 105 cm³/mol. The van der Waals surface area contributed by atoms with E-state index in [2.05, 4.69) is 25.3 Å². The van der Waals surface area contributed by atoms with Crippen LogP contribution < -0.4 is 21.5 Å². The highest BCUT2D eigenvalue weighted by molar-refractivity contribution is 7.97. The highest BCUT2D eigenvalue weighted by Gasteiger charge is 2.05. The van der Waals surface area contributed by atoms with Crippen molar-refractivity contribution in [2.45, 2.75) is 30.6 Å². The molecule has 0 unspecified atom stereocenters. The van der Waals surface area contributed by atoms with Gasteiger partial charge < -0.3 is 21.1 Å². The Bertz CT molecular complexity index is 711.